The number of fused-ring (bicyclic) bond motifs is 1. The average molecular weight is 478 g/mol. The molecule has 0 spiro atoms. The number of nitrogens with zero attached hydrogens (tertiary/aromatic N) is 2. The smallest absolute Gasteiger partial charge is 0.416 e. The number of anilines is 1. The number of hydrogen-bond donors (Lipinski definition) is 2. The number of rotatable bonds is 4. The van der Waals surface area contributed by atoms with Crippen molar-refractivity contribution in [3.8, 4) is 0 Å². The Kier molecular flexibility index (Phi) is 6.18. The minimum Gasteiger partial charge on any atom is -0.460 e. The molecule has 1 aromatic carbocycles. The summed E-state index contributed by atoms with van der Waals surface area (Å²) in [6.07, 6.45) is -2.17. The van der Waals surface area contributed by atoms with E-state index < -0.39 is 23.6 Å². The first-order valence-corrected chi connectivity index (χ1v) is 10.6. The van der Waals surface area contributed by atoms with Gasteiger partial charge in [0, 0.05) is 24.9 Å². The second-order valence-corrected chi connectivity index (χ2v) is 8.11. The molecule has 1 aliphatic heterocycles. The van der Waals surface area contributed by atoms with Crippen molar-refractivity contribution in [2.45, 2.75) is 25.7 Å². The molecule has 0 bridgehead atoms. The van der Waals surface area contributed by atoms with Crippen LogP contribution in [0.15, 0.2) is 50.6 Å². The van der Waals surface area contributed by atoms with E-state index in [1.54, 1.807) is 22.8 Å². The quantitative estimate of drug-likeness (QED) is 0.556. The number of amides is 2. The van der Waals surface area contributed by atoms with Gasteiger partial charge in [0.05, 0.1) is 16.6 Å². The number of nitrogens with one attached hydrogen (secondary N) is 2. The highest BCUT2D eigenvalue weighted by atomic mass is 32.1. The van der Waals surface area contributed by atoms with E-state index in [9.17, 15) is 27.6 Å². The number of carbonyl (C=O) groups excluding carboxylic acids is 2. The summed E-state index contributed by atoms with van der Waals surface area (Å²) in [6, 6.07) is 7.15. The maximum Gasteiger partial charge on any atom is 0.416 e. The molecule has 0 unspecified atom stereocenters. The van der Waals surface area contributed by atoms with Gasteiger partial charge in [0.25, 0.3) is 5.56 Å². The lowest BCUT2D eigenvalue weighted by Crippen LogP contribution is -2.34. The SMILES string of the molecule is O=C(NCc1ccc(/C=c2/sc3n(c2=O)CCCN=3)o1)C(=O)Nc1cccc(C(F)(F)F)c1. The van der Waals surface area contributed by atoms with Gasteiger partial charge >= 0.3 is 18.0 Å². The molecular formula is C21H17F3N4O4S. The third-order valence-electron chi connectivity index (χ3n) is 4.71. The molecule has 1 aliphatic rings. The molecule has 172 valence electrons. The number of carbonyl (C=O) groups is 2. The highest BCUT2D eigenvalue weighted by Crippen LogP contribution is 2.30. The maximum absolute atomic E-state index is 12.8. The number of aromatic nitrogens is 1. The predicted molar refractivity (Wildman–Crippen MR) is 113 cm³/mol. The van der Waals surface area contributed by atoms with Crippen LogP contribution < -0.4 is 25.5 Å². The first-order chi connectivity index (χ1) is 15.7. The van der Waals surface area contributed by atoms with Gasteiger partial charge in [0.2, 0.25) is 0 Å². The fraction of sp³-hybridized carbons (Fsp3) is 0.238. The highest BCUT2D eigenvalue weighted by molar-refractivity contribution is 7.07. The van der Waals surface area contributed by atoms with Crippen LogP contribution in [0.4, 0.5) is 18.9 Å². The van der Waals surface area contributed by atoms with E-state index in [1.165, 1.54) is 17.4 Å². The van der Waals surface area contributed by atoms with E-state index in [0.29, 0.717) is 33.9 Å². The molecule has 0 atom stereocenters. The summed E-state index contributed by atoms with van der Waals surface area (Å²) < 4.78 is 46.0. The lowest BCUT2D eigenvalue weighted by Gasteiger charge is -2.09. The Bertz CT molecular complexity index is 1390. The Morgan fingerprint density at radius 3 is 2.79 bits per heavy atom. The second-order valence-electron chi connectivity index (χ2n) is 7.10. The number of thiazole rings is 1. The molecule has 3 heterocycles. The second kappa shape index (κ2) is 9.06. The van der Waals surface area contributed by atoms with Gasteiger partial charge in [-0.2, -0.15) is 13.2 Å². The van der Waals surface area contributed by atoms with E-state index >= 15 is 0 Å². The van der Waals surface area contributed by atoms with Crippen LogP contribution in [0, 0.1) is 0 Å². The summed E-state index contributed by atoms with van der Waals surface area (Å²) in [4.78, 5) is 41.4. The summed E-state index contributed by atoms with van der Waals surface area (Å²) in [5.41, 5.74) is -1.24. The molecule has 0 fully saturated rings. The monoisotopic (exact) mass is 478 g/mol. The number of halogens is 3. The topological polar surface area (TPSA) is 106 Å². The van der Waals surface area contributed by atoms with Crippen LogP contribution in [0.2, 0.25) is 0 Å². The van der Waals surface area contributed by atoms with E-state index in [1.807, 2.05) is 0 Å². The van der Waals surface area contributed by atoms with Crippen molar-refractivity contribution < 1.29 is 27.2 Å². The Balaban J connectivity index is 1.38. The van der Waals surface area contributed by atoms with Crippen molar-refractivity contribution >= 4 is 34.9 Å². The highest BCUT2D eigenvalue weighted by Gasteiger charge is 2.30. The van der Waals surface area contributed by atoms with Crippen molar-refractivity contribution in [2.24, 2.45) is 4.99 Å². The summed E-state index contributed by atoms with van der Waals surface area (Å²) in [5.74, 6) is -1.44. The van der Waals surface area contributed by atoms with E-state index in [0.717, 1.165) is 24.6 Å². The zero-order chi connectivity index (χ0) is 23.6. The van der Waals surface area contributed by atoms with E-state index in [4.69, 9.17) is 4.42 Å². The zero-order valence-electron chi connectivity index (χ0n) is 16.9. The van der Waals surface area contributed by atoms with Gasteiger partial charge in [-0.05, 0) is 36.8 Å². The van der Waals surface area contributed by atoms with Gasteiger partial charge < -0.3 is 15.1 Å². The van der Waals surface area contributed by atoms with Gasteiger partial charge in [-0.25, -0.2) is 0 Å². The van der Waals surface area contributed by atoms with Crippen LogP contribution in [-0.4, -0.2) is 22.9 Å². The van der Waals surface area contributed by atoms with Crippen molar-refractivity contribution in [3.05, 3.63) is 73.2 Å². The van der Waals surface area contributed by atoms with Crippen molar-refractivity contribution in [1.82, 2.24) is 9.88 Å². The van der Waals surface area contributed by atoms with Gasteiger partial charge in [0.1, 0.15) is 11.5 Å². The number of furan rings is 1. The predicted octanol–water partition coefficient (Wildman–Crippen LogP) is 1.63. The van der Waals surface area contributed by atoms with Crippen LogP contribution in [-0.2, 0) is 28.9 Å². The van der Waals surface area contributed by atoms with E-state index in [-0.39, 0.29) is 17.8 Å². The van der Waals surface area contributed by atoms with Gasteiger partial charge in [-0.1, -0.05) is 17.4 Å². The van der Waals surface area contributed by atoms with Crippen LogP contribution in [0.25, 0.3) is 6.08 Å². The van der Waals surface area contributed by atoms with Crippen molar-refractivity contribution in [1.29, 1.82) is 0 Å². The third-order valence-corrected chi connectivity index (χ3v) is 5.75. The molecule has 0 saturated carbocycles. The Hall–Kier alpha value is -3.67. The molecule has 0 saturated heterocycles. The standard InChI is InChI=1S/C21H17F3N4O4S/c22-21(23,24)12-3-1-4-13(9-12)27-18(30)17(29)26-11-15-6-5-14(32-15)10-16-19(31)28-8-2-7-25-20(28)33-16/h1,3-6,9-10H,2,7-8,11H2,(H,26,29)(H,27,30)/b16-10+. The fourth-order valence-electron chi connectivity index (χ4n) is 3.13. The van der Waals surface area contributed by atoms with Gasteiger partial charge in [-0.3, -0.25) is 23.9 Å². The normalized spacial score (nSPS) is 13.8. The molecule has 2 N–H and O–H groups in total. The van der Waals surface area contributed by atoms with Crippen LogP contribution in [0.1, 0.15) is 23.5 Å². The number of hydrogen-bond acceptors (Lipinski definition) is 6. The zero-order valence-corrected chi connectivity index (χ0v) is 17.8. The fourth-order valence-corrected chi connectivity index (χ4v) is 4.14. The van der Waals surface area contributed by atoms with Crippen LogP contribution in [0.3, 0.4) is 0 Å². The number of benzene rings is 1. The molecule has 8 nitrogen and oxygen atoms in total. The molecule has 2 amide bonds. The Morgan fingerprint density at radius 1 is 1.21 bits per heavy atom. The Labute approximate surface area is 188 Å². The summed E-state index contributed by atoms with van der Waals surface area (Å²) in [6.45, 7) is 1.18. The molecular weight excluding hydrogens is 461 g/mol. The summed E-state index contributed by atoms with van der Waals surface area (Å²) in [7, 11) is 0. The molecule has 4 rings (SSSR count). The lowest BCUT2D eigenvalue weighted by atomic mass is 10.2. The molecule has 0 aliphatic carbocycles. The molecule has 33 heavy (non-hydrogen) atoms. The largest absolute Gasteiger partial charge is 0.460 e. The summed E-state index contributed by atoms with van der Waals surface area (Å²) in [5, 5.41) is 4.46. The lowest BCUT2D eigenvalue weighted by molar-refractivity contribution is -0.137. The van der Waals surface area contributed by atoms with Gasteiger partial charge in [-0.15, -0.1) is 0 Å². The molecule has 2 aromatic heterocycles. The van der Waals surface area contributed by atoms with Crippen molar-refractivity contribution in [3.63, 3.8) is 0 Å². The summed E-state index contributed by atoms with van der Waals surface area (Å²) >= 11 is 1.27. The average Bonchev–Trinajstić information content (AvgIpc) is 3.36. The minimum atomic E-state index is -4.57. The Morgan fingerprint density at radius 2 is 2.03 bits per heavy atom. The van der Waals surface area contributed by atoms with E-state index in [2.05, 4.69) is 15.6 Å². The molecule has 3 aromatic rings. The van der Waals surface area contributed by atoms with Gasteiger partial charge in [0.15, 0.2) is 4.80 Å². The minimum absolute atomic E-state index is 0.127. The number of alkyl halides is 3. The first kappa shape index (κ1) is 22.5. The van der Waals surface area contributed by atoms with Crippen LogP contribution in [0.5, 0.6) is 0 Å². The maximum atomic E-state index is 12.8. The molecule has 0 radical (unpaired) electrons. The van der Waals surface area contributed by atoms with Crippen molar-refractivity contribution in [2.75, 3.05) is 11.9 Å². The third kappa shape index (κ3) is 5.22. The molecule has 12 heteroatoms. The van der Waals surface area contributed by atoms with Crippen LogP contribution >= 0.6 is 11.3 Å². The first-order valence-electron chi connectivity index (χ1n) is 9.82.